The first-order chi connectivity index (χ1) is 12.9. The van der Waals surface area contributed by atoms with E-state index in [1.165, 1.54) is 0 Å². The Morgan fingerprint density at radius 3 is 2.63 bits per heavy atom. The van der Waals surface area contributed by atoms with Crippen LogP contribution in [0.5, 0.6) is 0 Å². The van der Waals surface area contributed by atoms with Gasteiger partial charge in [0.1, 0.15) is 0 Å². The smallest absolute Gasteiger partial charge is 0.318 e. The molecule has 0 radical (unpaired) electrons. The Hall–Kier alpha value is -2.31. The van der Waals surface area contributed by atoms with Crippen LogP contribution in [0.3, 0.4) is 0 Å². The number of carbonyl (C=O) groups is 2. The van der Waals surface area contributed by atoms with E-state index in [-0.39, 0.29) is 6.42 Å². The fourth-order valence-electron chi connectivity index (χ4n) is 3.26. The lowest BCUT2D eigenvalue weighted by Crippen LogP contribution is -2.22. The highest BCUT2D eigenvalue weighted by Crippen LogP contribution is 2.32. The lowest BCUT2D eigenvalue weighted by Gasteiger charge is -2.19. The molecule has 0 aliphatic heterocycles. The number of aryl methyl sites for hydroxylation is 1. The molecule has 2 N–H and O–H groups in total. The molecule has 0 spiro atoms. The highest BCUT2D eigenvalue weighted by Gasteiger charge is 2.26. The third-order valence-electron chi connectivity index (χ3n) is 4.64. The molecule has 6 nitrogen and oxygen atoms in total. The van der Waals surface area contributed by atoms with E-state index in [9.17, 15) is 9.59 Å². The molecule has 142 valence electrons. The maximum atomic E-state index is 11.1. The first-order valence-electron chi connectivity index (χ1n) is 8.50. The second kappa shape index (κ2) is 8.15. The normalized spacial score (nSPS) is 15.1. The molecule has 0 amide bonds. The van der Waals surface area contributed by atoms with Gasteiger partial charge in [0.2, 0.25) is 0 Å². The van der Waals surface area contributed by atoms with E-state index in [1.54, 1.807) is 24.4 Å². The molecule has 0 saturated heterocycles. The maximum Gasteiger partial charge on any atom is 0.318 e. The number of aliphatic carboxylic acids is 2. The average Bonchev–Trinajstić information content (AvgIpc) is 3.01. The summed E-state index contributed by atoms with van der Waals surface area (Å²) < 4.78 is 1.83. The van der Waals surface area contributed by atoms with E-state index in [0.29, 0.717) is 16.6 Å². The maximum absolute atomic E-state index is 11.1. The number of carboxylic acid groups (broad SMARTS) is 2. The highest BCUT2D eigenvalue weighted by atomic mass is 35.5. The van der Waals surface area contributed by atoms with Crippen LogP contribution in [0.2, 0.25) is 10.0 Å². The van der Waals surface area contributed by atoms with E-state index >= 15 is 0 Å². The highest BCUT2D eigenvalue weighted by molar-refractivity contribution is 6.35. The minimum absolute atomic E-state index is 0.0632. The Balaban J connectivity index is 1.90. The van der Waals surface area contributed by atoms with Crippen LogP contribution >= 0.6 is 23.2 Å². The Morgan fingerprint density at radius 1 is 1.22 bits per heavy atom. The van der Waals surface area contributed by atoms with Crippen LogP contribution in [-0.2, 0) is 22.6 Å². The van der Waals surface area contributed by atoms with Gasteiger partial charge in [-0.05, 0) is 54.5 Å². The summed E-state index contributed by atoms with van der Waals surface area (Å²) in [6.45, 7) is 0.448. The summed E-state index contributed by atoms with van der Waals surface area (Å²) in [6.07, 6.45) is 6.00. The quantitative estimate of drug-likeness (QED) is 0.700. The number of nitrogens with zero attached hydrogens (tertiary/aromatic N) is 2. The summed E-state index contributed by atoms with van der Waals surface area (Å²) in [7, 11) is 0. The molecule has 0 unspecified atom stereocenters. The summed E-state index contributed by atoms with van der Waals surface area (Å²) in [6, 6.07) is 5.28. The van der Waals surface area contributed by atoms with Crippen LogP contribution in [-0.4, -0.2) is 31.9 Å². The van der Waals surface area contributed by atoms with E-state index in [1.807, 2.05) is 10.7 Å². The monoisotopic (exact) mass is 408 g/mol. The van der Waals surface area contributed by atoms with Gasteiger partial charge in [0.15, 0.2) is 5.92 Å². The van der Waals surface area contributed by atoms with Crippen molar-refractivity contribution in [2.45, 2.75) is 32.2 Å². The summed E-state index contributed by atoms with van der Waals surface area (Å²) in [4.78, 5) is 22.3. The van der Waals surface area contributed by atoms with E-state index in [2.05, 4.69) is 5.10 Å². The van der Waals surface area contributed by atoms with Crippen molar-refractivity contribution in [1.29, 1.82) is 0 Å². The number of carboxylic acids is 2. The fraction of sp³-hybridized carbons (Fsp3) is 0.316. The minimum Gasteiger partial charge on any atom is -0.481 e. The van der Waals surface area contributed by atoms with Gasteiger partial charge < -0.3 is 10.2 Å². The van der Waals surface area contributed by atoms with Gasteiger partial charge in [0.05, 0.1) is 18.4 Å². The zero-order chi connectivity index (χ0) is 19.6. The van der Waals surface area contributed by atoms with E-state index in [4.69, 9.17) is 33.4 Å². The van der Waals surface area contributed by atoms with Crippen molar-refractivity contribution in [2.75, 3.05) is 0 Å². The molecule has 8 heteroatoms. The topological polar surface area (TPSA) is 92.4 Å². The number of fused-ring (bicyclic) bond motifs is 1. The average molecular weight is 409 g/mol. The second-order valence-corrected chi connectivity index (χ2v) is 7.30. The molecule has 0 bridgehead atoms. The first-order valence-corrected chi connectivity index (χ1v) is 9.26. The molecule has 2 aromatic rings. The Morgan fingerprint density at radius 2 is 1.96 bits per heavy atom. The number of rotatable bonds is 6. The second-order valence-electron chi connectivity index (χ2n) is 6.46. The van der Waals surface area contributed by atoms with Gasteiger partial charge in [-0.15, -0.1) is 0 Å². The van der Waals surface area contributed by atoms with Crippen molar-refractivity contribution < 1.29 is 19.8 Å². The fourth-order valence-corrected chi connectivity index (χ4v) is 3.73. The zero-order valence-electron chi connectivity index (χ0n) is 14.4. The van der Waals surface area contributed by atoms with Crippen molar-refractivity contribution in [3.8, 4) is 0 Å². The molecule has 1 heterocycles. The van der Waals surface area contributed by atoms with Crippen molar-refractivity contribution >= 4 is 40.7 Å². The number of halogens is 2. The SMILES string of the molecule is O=C(O)C(CC=C1CCCc2cnn(Cc3ccc(Cl)cc3Cl)c21)C(=O)O. The van der Waals surface area contributed by atoms with Crippen LogP contribution in [0, 0.1) is 5.92 Å². The van der Waals surface area contributed by atoms with Gasteiger partial charge in [-0.25, -0.2) is 0 Å². The lowest BCUT2D eigenvalue weighted by molar-refractivity contribution is -0.154. The number of benzene rings is 1. The van der Waals surface area contributed by atoms with Gasteiger partial charge in [-0.3, -0.25) is 14.3 Å². The molecule has 1 aromatic carbocycles. The minimum atomic E-state index is -1.45. The third kappa shape index (κ3) is 4.34. The standard InChI is InChI=1S/C19H18Cl2N2O4/c20-14-6-4-13(16(21)8-14)10-23-17-11(2-1-3-12(17)9-22-23)5-7-15(18(24)25)19(26)27/h4-6,8-9,15H,1-3,7,10H2,(H,24,25)(H,26,27). The lowest BCUT2D eigenvalue weighted by atomic mass is 9.91. The predicted molar refractivity (Wildman–Crippen MR) is 102 cm³/mol. The van der Waals surface area contributed by atoms with Gasteiger partial charge in [-0.1, -0.05) is 35.3 Å². The Kier molecular flexibility index (Phi) is 5.87. The molecule has 3 rings (SSSR count). The number of aromatic nitrogens is 2. The summed E-state index contributed by atoms with van der Waals surface area (Å²) >= 11 is 12.2. The van der Waals surface area contributed by atoms with Gasteiger partial charge in [0, 0.05) is 10.0 Å². The molecule has 27 heavy (non-hydrogen) atoms. The molecule has 0 atom stereocenters. The molecular weight excluding hydrogens is 391 g/mol. The Bertz CT molecular complexity index is 906. The van der Waals surface area contributed by atoms with Gasteiger partial charge in [-0.2, -0.15) is 5.10 Å². The zero-order valence-corrected chi connectivity index (χ0v) is 15.9. The van der Waals surface area contributed by atoms with Gasteiger partial charge in [0.25, 0.3) is 0 Å². The Labute approximate surface area is 166 Å². The van der Waals surface area contributed by atoms with Crippen molar-refractivity contribution in [3.05, 3.63) is 57.3 Å². The van der Waals surface area contributed by atoms with Crippen LogP contribution in [0.4, 0.5) is 0 Å². The molecular formula is C19H18Cl2N2O4. The molecule has 0 saturated carbocycles. The molecule has 1 aliphatic carbocycles. The predicted octanol–water partition coefficient (Wildman–Crippen LogP) is 4.13. The number of hydrogen-bond acceptors (Lipinski definition) is 3. The molecule has 0 fully saturated rings. The molecule has 1 aliphatic rings. The number of hydrogen-bond donors (Lipinski definition) is 2. The third-order valence-corrected chi connectivity index (χ3v) is 5.23. The van der Waals surface area contributed by atoms with Crippen molar-refractivity contribution in [2.24, 2.45) is 5.92 Å². The first kappa shape index (κ1) is 19.5. The summed E-state index contributed by atoms with van der Waals surface area (Å²) in [5.41, 5.74) is 3.78. The number of allylic oxidation sites excluding steroid dienone is 2. The van der Waals surface area contributed by atoms with E-state index in [0.717, 1.165) is 41.7 Å². The van der Waals surface area contributed by atoms with Gasteiger partial charge >= 0.3 is 11.9 Å². The van der Waals surface area contributed by atoms with Crippen LogP contribution in [0.15, 0.2) is 30.5 Å². The van der Waals surface area contributed by atoms with Crippen LogP contribution in [0.1, 0.15) is 36.1 Å². The molecule has 1 aromatic heterocycles. The largest absolute Gasteiger partial charge is 0.481 e. The van der Waals surface area contributed by atoms with Crippen molar-refractivity contribution in [3.63, 3.8) is 0 Å². The summed E-state index contributed by atoms with van der Waals surface area (Å²) in [5.74, 6) is -4.13. The summed E-state index contributed by atoms with van der Waals surface area (Å²) in [5, 5.41) is 23.7. The van der Waals surface area contributed by atoms with Crippen LogP contribution in [0.25, 0.3) is 5.57 Å². The van der Waals surface area contributed by atoms with Crippen molar-refractivity contribution in [1.82, 2.24) is 9.78 Å². The van der Waals surface area contributed by atoms with E-state index < -0.39 is 17.9 Å². The van der Waals surface area contributed by atoms with Crippen LogP contribution < -0.4 is 0 Å².